The Balaban J connectivity index is 1.63. The van der Waals surface area contributed by atoms with E-state index in [0.717, 1.165) is 5.56 Å². The molecule has 1 aromatic carbocycles. The van der Waals surface area contributed by atoms with Gasteiger partial charge in [0.25, 0.3) is 5.91 Å². The predicted molar refractivity (Wildman–Crippen MR) is 104 cm³/mol. The molecule has 1 aliphatic rings. The maximum Gasteiger partial charge on any atom is 0.251 e. The number of aliphatic hydroxyl groups is 1. The molecule has 2 aromatic rings. The van der Waals surface area contributed by atoms with Gasteiger partial charge in [-0.05, 0) is 30.2 Å². The van der Waals surface area contributed by atoms with Crippen LogP contribution in [0.2, 0.25) is 5.02 Å². The maximum absolute atomic E-state index is 12.6. The summed E-state index contributed by atoms with van der Waals surface area (Å²) >= 11 is 5.97. The highest BCUT2D eigenvalue weighted by molar-refractivity contribution is 6.30. The second kappa shape index (κ2) is 9.03. The van der Waals surface area contributed by atoms with Gasteiger partial charge in [0.2, 0.25) is 11.8 Å². The minimum absolute atomic E-state index is 0.120. The second-order valence-corrected chi connectivity index (χ2v) is 7.19. The molecule has 0 bridgehead atoms. The van der Waals surface area contributed by atoms with Gasteiger partial charge in [-0.2, -0.15) is 0 Å². The van der Waals surface area contributed by atoms with Gasteiger partial charge >= 0.3 is 0 Å². The van der Waals surface area contributed by atoms with Gasteiger partial charge in [-0.3, -0.25) is 9.59 Å². The van der Waals surface area contributed by atoms with Crippen LogP contribution in [0.3, 0.4) is 0 Å². The summed E-state index contributed by atoms with van der Waals surface area (Å²) in [5, 5.41) is 13.6. The van der Waals surface area contributed by atoms with Crippen LogP contribution in [0.5, 0.6) is 5.88 Å². The molecule has 0 spiro atoms. The molecule has 0 radical (unpaired) electrons. The summed E-state index contributed by atoms with van der Waals surface area (Å²) in [6, 6.07) is 9.90. The van der Waals surface area contributed by atoms with Gasteiger partial charge in [0.05, 0.1) is 19.6 Å². The largest absolute Gasteiger partial charge is 0.481 e. The molecule has 0 saturated carbocycles. The Morgan fingerprint density at radius 1 is 1.32 bits per heavy atom. The summed E-state index contributed by atoms with van der Waals surface area (Å²) < 4.78 is 5.03. The lowest BCUT2D eigenvalue weighted by Gasteiger charge is -2.36. The van der Waals surface area contributed by atoms with Crippen LogP contribution in [0.25, 0.3) is 0 Å². The van der Waals surface area contributed by atoms with Crippen molar-refractivity contribution in [2.45, 2.75) is 25.0 Å². The first-order valence-electron chi connectivity index (χ1n) is 8.96. The van der Waals surface area contributed by atoms with E-state index in [2.05, 4.69) is 10.3 Å². The summed E-state index contributed by atoms with van der Waals surface area (Å²) in [5.41, 5.74) is 1.21. The molecule has 2 heterocycles. The SMILES string of the molecule is COc1cc(C(=O)N[C@H]2C[C@@H](O)CN(C(=O)Cc3cccc(Cl)c3)C2)ccn1. The number of ether oxygens (including phenoxy) is 1. The Bertz CT molecular complexity index is 861. The van der Waals surface area contributed by atoms with E-state index >= 15 is 0 Å². The molecule has 8 heteroatoms. The number of carbonyl (C=O) groups is 2. The second-order valence-electron chi connectivity index (χ2n) is 6.75. The number of carbonyl (C=O) groups excluding carboxylic acids is 2. The highest BCUT2D eigenvalue weighted by atomic mass is 35.5. The number of nitrogens with zero attached hydrogens (tertiary/aromatic N) is 2. The monoisotopic (exact) mass is 403 g/mol. The molecule has 7 nitrogen and oxygen atoms in total. The number of rotatable bonds is 5. The van der Waals surface area contributed by atoms with Crippen LogP contribution in [0.4, 0.5) is 0 Å². The first-order valence-corrected chi connectivity index (χ1v) is 9.33. The number of hydrogen-bond donors (Lipinski definition) is 2. The van der Waals surface area contributed by atoms with Crippen molar-refractivity contribution in [1.29, 1.82) is 0 Å². The molecule has 148 valence electrons. The minimum Gasteiger partial charge on any atom is -0.481 e. The molecule has 2 N–H and O–H groups in total. The average Bonchev–Trinajstić information content (AvgIpc) is 2.67. The molecule has 1 saturated heterocycles. The number of amides is 2. The van der Waals surface area contributed by atoms with E-state index in [1.807, 2.05) is 6.07 Å². The molecule has 2 amide bonds. The smallest absolute Gasteiger partial charge is 0.251 e. The van der Waals surface area contributed by atoms with E-state index in [4.69, 9.17) is 16.3 Å². The molecule has 3 rings (SSSR count). The minimum atomic E-state index is -0.700. The van der Waals surface area contributed by atoms with Crippen molar-refractivity contribution < 1.29 is 19.4 Å². The van der Waals surface area contributed by atoms with Crippen LogP contribution >= 0.6 is 11.6 Å². The summed E-state index contributed by atoms with van der Waals surface area (Å²) in [4.78, 5) is 30.7. The lowest BCUT2D eigenvalue weighted by atomic mass is 10.0. The third kappa shape index (κ3) is 5.21. The first-order chi connectivity index (χ1) is 13.4. The summed E-state index contributed by atoms with van der Waals surface area (Å²) in [7, 11) is 1.48. The average molecular weight is 404 g/mol. The van der Waals surface area contributed by atoms with E-state index in [0.29, 0.717) is 29.4 Å². The van der Waals surface area contributed by atoms with Crippen LogP contribution < -0.4 is 10.1 Å². The Morgan fingerprint density at radius 2 is 2.14 bits per heavy atom. The number of likely N-dealkylation sites (tertiary alicyclic amines) is 1. The lowest BCUT2D eigenvalue weighted by Crippen LogP contribution is -2.54. The number of piperidine rings is 1. The molecule has 2 atom stereocenters. The third-order valence-corrected chi connectivity index (χ3v) is 4.80. The van der Waals surface area contributed by atoms with Crippen molar-refractivity contribution in [2.75, 3.05) is 20.2 Å². The highest BCUT2D eigenvalue weighted by Crippen LogP contribution is 2.16. The van der Waals surface area contributed by atoms with Crippen molar-refractivity contribution in [3.8, 4) is 5.88 Å². The standard InChI is InChI=1S/C20H22ClN3O4/c1-28-18-9-14(5-6-22-18)20(27)23-16-10-17(25)12-24(11-16)19(26)8-13-3-2-4-15(21)7-13/h2-7,9,16-17,25H,8,10-12H2,1H3,(H,23,27)/t16-,17+/m0/s1. The van der Waals surface area contributed by atoms with Crippen molar-refractivity contribution in [3.05, 3.63) is 58.7 Å². The van der Waals surface area contributed by atoms with E-state index in [-0.39, 0.29) is 30.8 Å². The fourth-order valence-electron chi connectivity index (χ4n) is 3.25. The van der Waals surface area contributed by atoms with Gasteiger partial charge in [0.1, 0.15) is 0 Å². The van der Waals surface area contributed by atoms with Gasteiger partial charge < -0.3 is 20.1 Å². The number of methoxy groups -OCH3 is 1. The number of β-amino-alcohol motifs (C(OH)–C–C–N with tert-alkyl or cyclic N) is 1. The molecule has 1 aliphatic heterocycles. The summed E-state index contributed by atoms with van der Waals surface area (Å²) in [6.07, 6.45) is 1.36. The van der Waals surface area contributed by atoms with Crippen molar-refractivity contribution >= 4 is 23.4 Å². The Hall–Kier alpha value is -2.64. The van der Waals surface area contributed by atoms with Crippen molar-refractivity contribution in [1.82, 2.24) is 15.2 Å². The predicted octanol–water partition coefficient (Wildman–Crippen LogP) is 1.68. The topological polar surface area (TPSA) is 91.8 Å². The quantitative estimate of drug-likeness (QED) is 0.792. The van der Waals surface area contributed by atoms with Crippen molar-refractivity contribution in [2.24, 2.45) is 0 Å². The molecule has 0 aliphatic carbocycles. The number of halogens is 1. The number of aromatic nitrogens is 1. The Labute approximate surface area is 168 Å². The Morgan fingerprint density at radius 3 is 2.89 bits per heavy atom. The van der Waals surface area contributed by atoms with Gasteiger partial charge in [-0.25, -0.2) is 4.98 Å². The molecule has 0 unspecified atom stereocenters. The summed E-state index contributed by atoms with van der Waals surface area (Å²) in [5.74, 6) is -0.0810. The zero-order chi connectivity index (χ0) is 20.1. The molecule has 1 fully saturated rings. The zero-order valence-electron chi connectivity index (χ0n) is 15.5. The summed E-state index contributed by atoms with van der Waals surface area (Å²) in [6.45, 7) is 0.583. The maximum atomic E-state index is 12.6. The molecule has 28 heavy (non-hydrogen) atoms. The Kier molecular flexibility index (Phi) is 6.49. The number of benzene rings is 1. The molecule has 1 aromatic heterocycles. The van der Waals surface area contributed by atoms with E-state index in [9.17, 15) is 14.7 Å². The fraction of sp³-hybridized carbons (Fsp3) is 0.350. The zero-order valence-corrected chi connectivity index (χ0v) is 16.2. The van der Waals surface area contributed by atoms with Crippen LogP contribution in [0.15, 0.2) is 42.6 Å². The lowest BCUT2D eigenvalue weighted by molar-refractivity contribution is -0.134. The van der Waals surface area contributed by atoms with Crippen LogP contribution in [0, 0.1) is 0 Å². The number of aliphatic hydroxyl groups excluding tert-OH is 1. The first kappa shape index (κ1) is 20.1. The number of hydrogen-bond acceptors (Lipinski definition) is 5. The van der Waals surface area contributed by atoms with Gasteiger partial charge in [0.15, 0.2) is 0 Å². The van der Waals surface area contributed by atoms with Crippen LogP contribution in [0.1, 0.15) is 22.3 Å². The normalized spacial score (nSPS) is 19.2. The van der Waals surface area contributed by atoms with Crippen LogP contribution in [-0.2, 0) is 11.2 Å². The number of nitrogens with one attached hydrogen (secondary N) is 1. The van der Waals surface area contributed by atoms with E-state index in [1.165, 1.54) is 19.4 Å². The highest BCUT2D eigenvalue weighted by Gasteiger charge is 2.30. The van der Waals surface area contributed by atoms with E-state index < -0.39 is 6.10 Å². The van der Waals surface area contributed by atoms with Gasteiger partial charge in [-0.1, -0.05) is 23.7 Å². The number of pyridine rings is 1. The molecular weight excluding hydrogens is 382 g/mol. The van der Waals surface area contributed by atoms with Gasteiger partial charge in [-0.15, -0.1) is 0 Å². The molecular formula is C20H22ClN3O4. The fourth-order valence-corrected chi connectivity index (χ4v) is 3.46. The van der Waals surface area contributed by atoms with Crippen molar-refractivity contribution in [3.63, 3.8) is 0 Å². The van der Waals surface area contributed by atoms with Gasteiger partial charge in [0, 0.05) is 42.0 Å². The van der Waals surface area contributed by atoms with Crippen LogP contribution in [-0.4, -0.2) is 59.1 Å². The van der Waals surface area contributed by atoms with E-state index in [1.54, 1.807) is 29.2 Å². The third-order valence-electron chi connectivity index (χ3n) is 4.57.